The third-order valence-corrected chi connectivity index (χ3v) is 3.91. The van der Waals surface area contributed by atoms with Gasteiger partial charge in [-0.05, 0) is 56.2 Å². The predicted molar refractivity (Wildman–Crippen MR) is 101 cm³/mol. The van der Waals surface area contributed by atoms with Crippen LogP contribution in [-0.2, 0) is 5.54 Å². The molecule has 0 bridgehead atoms. The molecule has 0 aliphatic heterocycles. The smallest absolute Gasteiger partial charge is 0.319 e. The molecular weight excluding hydrogens is 314 g/mol. The second-order valence-corrected chi connectivity index (χ2v) is 6.51. The van der Waals surface area contributed by atoms with Gasteiger partial charge in [-0.3, -0.25) is 4.79 Å². The van der Waals surface area contributed by atoms with E-state index in [2.05, 4.69) is 17.2 Å². The second kappa shape index (κ2) is 7.21. The van der Waals surface area contributed by atoms with E-state index in [1.165, 1.54) is 6.07 Å². The minimum Gasteiger partial charge on any atom is -0.366 e. The predicted octanol–water partition coefficient (Wildman–Crippen LogP) is 3.88. The number of carbonyl (C=O) groups excluding carboxylic acids is 2. The number of anilines is 1. The van der Waals surface area contributed by atoms with Crippen LogP contribution in [0.4, 0.5) is 10.5 Å². The Morgan fingerprint density at radius 3 is 2.32 bits per heavy atom. The van der Waals surface area contributed by atoms with Gasteiger partial charge >= 0.3 is 6.03 Å². The fourth-order valence-electron chi connectivity index (χ4n) is 2.44. The Morgan fingerprint density at radius 2 is 1.68 bits per heavy atom. The quantitative estimate of drug-likeness (QED) is 0.773. The topological polar surface area (TPSA) is 84.2 Å². The van der Waals surface area contributed by atoms with Crippen molar-refractivity contribution in [2.24, 2.45) is 5.73 Å². The zero-order chi connectivity index (χ0) is 18.6. The Kier molecular flexibility index (Phi) is 5.27. The van der Waals surface area contributed by atoms with Crippen molar-refractivity contribution in [2.45, 2.75) is 26.3 Å². The summed E-state index contributed by atoms with van der Waals surface area (Å²) in [7, 11) is 0. The van der Waals surface area contributed by atoms with Crippen LogP contribution < -0.4 is 16.4 Å². The van der Waals surface area contributed by atoms with E-state index in [1.54, 1.807) is 18.2 Å². The van der Waals surface area contributed by atoms with Crippen LogP contribution in [0.25, 0.3) is 5.57 Å². The van der Waals surface area contributed by atoms with E-state index in [9.17, 15) is 9.59 Å². The molecule has 0 aliphatic rings. The van der Waals surface area contributed by atoms with Crippen LogP contribution in [-0.4, -0.2) is 11.9 Å². The van der Waals surface area contributed by atoms with Crippen molar-refractivity contribution in [3.05, 3.63) is 71.8 Å². The maximum absolute atomic E-state index is 12.3. The molecule has 2 aromatic carbocycles. The fraction of sp³-hybridized carbons (Fsp3) is 0.200. The number of hydrogen-bond acceptors (Lipinski definition) is 2. The van der Waals surface area contributed by atoms with Gasteiger partial charge in [-0.1, -0.05) is 36.4 Å². The first-order valence-electron chi connectivity index (χ1n) is 7.94. The van der Waals surface area contributed by atoms with E-state index >= 15 is 0 Å². The van der Waals surface area contributed by atoms with E-state index in [0.29, 0.717) is 11.3 Å². The number of benzene rings is 2. The molecule has 2 rings (SSSR count). The summed E-state index contributed by atoms with van der Waals surface area (Å²) in [6.45, 7) is 9.73. The molecule has 5 heteroatoms. The molecule has 3 amide bonds. The van der Waals surface area contributed by atoms with Crippen LogP contribution in [0.15, 0.2) is 55.1 Å². The van der Waals surface area contributed by atoms with Crippen LogP contribution in [0.1, 0.15) is 42.3 Å². The molecule has 2 aromatic rings. The number of allylic oxidation sites excluding steroid dienone is 1. The molecule has 0 aromatic heterocycles. The number of hydrogen-bond donors (Lipinski definition) is 3. The van der Waals surface area contributed by atoms with Gasteiger partial charge in [-0.2, -0.15) is 0 Å². The standard InChI is InChI=1S/C20H23N3O2/c1-13(2)14-7-5-9-16(11-14)20(3,4)23-19(25)22-17-10-6-8-15(12-17)18(21)24/h5-12H,1H2,2-4H3,(H2,21,24)(H2,22,23,25). The number of urea groups is 1. The maximum Gasteiger partial charge on any atom is 0.319 e. The van der Waals surface area contributed by atoms with Gasteiger partial charge in [-0.15, -0.1) is 0 Å². The summed E-state index contributed by atoms with van der Waals surface area (Å²) in [4.78, 5) is 23.6. The fourth-order valence-corrected chi connectivity index (χ4v) is 2.44. The maximum atomic E-state index is 12.3. The average molecular weight is 337 g/mol. The van der Waals surface area contributed by atoms with Crippen molar-refractivity contribution in [1.82, 2.24) is 5.32 Å². The molecule has 0 atom stereocenters. The highest BCUT2D eigenvalue weighted by atomic mass is 16.2. The van der Waals surface area contributed by atoms with Crippen molar-refractivity contribution < 1.29 is 9.59 Å². The zero-order valence-electron chi connectivity index (χ0n) is 14.7. The number of rotatable bonds is 5. The Balaban J connectivity index is 2.13. The molecule has 0 saturated carbocycles. The van der Waals surface area contributed by atoms with Crippen LogP contribution in [0, 0.1) is 0 Å². The van der Waals surface area contributed by atoms with Gasteiger partial charge in [0, 0.05) is 11.3 Å². The highest BCUT2D eigenvalue weighted by molar-refractivity contribution is 5.96. The minimum absolute atomic E-state index is 0.339. The monoisotopic (exact) mass is 337 g/mol. The summed E-state index contributed by atoms with van der Waals surface area (Å²) in [5.74, 6) is -0.541. The van der Waals surface area contributed by atoms with Crippen molar-refractivity contribution in [3.63, 3.8) is 0 Å². The Labute approximate surface area is 147 Å². The summed E-state index contributed by atoms with van der Waals surface area (Å²) in [6.07, 6.45) is 0. The average Bonchev–Trinajstić information content (AvgIpc) is 2.54. The van der Waals surface area contributed by atoms with Crippen molar-refractivity contribution >= 4 is 23.2 Å². The summed E-state index contributed by atoms with van der Waals surface area (Å²) >= 11 is 0. The third-order valence-electron chi connectivity index (χ3n) is 3.91. The summed E-state index contributed by atoms with van der Waals surface area (Å²) in [6, 6.07) is 14.0. The molecule has 5 nitrogen and oxygen atoms in total. The molecule has 130 valence electrons. The summed E-state index contributed by atoms with van der Waals surface area (Å²) in [5, 5.41) is 5.67. The molecule has 0 fully saturated rings. The molecule has 0 saturated heterocycles. The largest absolute Gasteiger partial charge is 0.366 e. The van der Waals surface area contributed by atoms with E-state index in [0.717, 1.165) is 16.7 Å². The Hall–Kier alpha value is -3.08. The van der Waals surface area contributed by atoms with E-state index < -0.39 is 11.4 Å². The molecule has 0 spiro atoms. The lowest BCUT2D eigenvalue weighted by Gasteiger charge is -2.27. The van der Waals surface area contributed by atoms with E-state index in [4.69, 9.17) is 5.73 Å². The van der Waals surface area contributed by atoms with Crippen LogP contribution >= 0.6 is 0 Å². The number of amides is 3. The van der Waals surface area contributed by atoms with Gasteiger partial charge in [0.1, 0.15) is 0 Å². The van der Waals surface area contributed by atoms with E-state index in [1.807, 2.05) is 45.0 Å². The second-order valence-electron chi connectivity index (χ2n) is 6.51. The van der Waals surface area contributed by atoms with Crippen molar-refractivity contribution in [2.75, 3.05) is 5.32 Å². The highest BCUT2D eigenvalue weighted by Crippen LogP contribution is 2.23. The first-order chi connectivity index (χ1) is 11.7. The Morgan fingerprint density at radius 1 is 1.04 bits per heavy atom. The lowest BCUT2D eigenvalue weighted by atomic mass is 9.92. The molecule has 25 heavy (non-hydrogen) atoms. The van der Waals surface area contributed by atoms with E-state index in [-0.39, 0.29) is 6.03 Å². The van der Waals surface area contributed by atoms with Crippen molar-refractivity contribution in [1.29, 1.82) is 0 Å². The number of primary amides is 1. The lowest BCUT2D eigenvalue weighted by Crippen LogP contribution is -2.43. The molecular formula is C20H23N3O2. The van der Waals surface area contributed by atoms with Crippen LogP contribution in [0.5, 0.6) is 0 Å². The Bertz CT molecular complexity index is 825. The molecule has 0 unspecified atom stereocenters. The summed E-state index contributed by atoms with van der Waals surface area (Å²) in [5.41, 5.74) is 8.47. The van der Waals surface area contributed by atoms with Gasteiger partial charge < -0.3 is 16.4 Å². The lowest BCUT2D eigenvalue weighted by molar-refractivity contribution is 0.1000. The first kappa shape index (κ1) is 18.3. The zero-order valence-corrected chi connectivity index (χ0v) is 14.7. The van der Waals surface area contributed by atoms with Gasteiger partial charge in [0.05, 0.1) is 5.54 Å². The molecule has 0 aliphatic carbocycles. The van der Waals surface area contributed by atoms with Gasteiger partial charge in [0.2, 0.25) is 5.91 Å². The number of nitrogens with one attached hydrogen (secondary N) is 2. The van der Waals surface area contributed by atoms with Gasteiger partial charge in [-0.25, -0.2) is 4.79 Å². The van der Waals surface area contributed by atoms with Crippen molar-refractivity contribution in [3.8, 4) is 0 Å². The van der Waals surface area contributed by atoms with Gasteiger partial charge in [0.25, 0.3) is 0 Å². The van der Waals surface area contributed by atoms with Gasteiger partial charge in [0.15, 0.2) is 0 Å². The first-order valence-corrected chi connectivity index (χ1v) is 7.94. The normalized spacial score (nSPS) is 10.8. The van der Waals surface area contributed by atoms with Crippen LogP contribution in [0.3, 0.4) is 0 Å². The summed E-state index contributed by atoms with van der Waals surface area (Å²) < 4.78 is 0. The highest BCUT2D eigenvalue weighted by Gasteiger charge is 2.23. The number of carbonyl (C=O) groups is 2. The molecule has 4 N–H and O–H groups in total. The number of nitrogens with two attached hydrogens (primary N) is 1. The van der Waals surface area contributed by atoms with Crippen LogP contribution in [0.2, 0.25) is 0 Å². The molecule has 0 radical (unpaired) electrons. The minimum atomic E-state index is -0.586. The third kappa shape index (κ3) is 4.70. The molecule has 0 heterocycles. The SMILES string of the molecule is C=C(C)c1cccc(C(C)(C)NC(=O)Nc2cccc(C(N)=O)c2)c1.